The highest BCUT2D eigenvalue weighted by atomic mass is 32.2. The van der Waals surface area contributed by atoms with Crippen molar-refractivity contribution < 1.29 is 22.5 Å². The van der Waals surface area contributed by atoms with E-state index >= 15 is 0 Å². The number of aliphatic hydroxyl groups excluding tert-OH is 1. The molecule has 5 nitrogen and oxygen atoms in total. The van der Waals surface area contributed by atoms with Crippen molar-refractivity contribution in [3.63, 3.8) is 0 Å². The standard InChI is InChI=1S/C15H14O5S/c1-11(16)15(17)13-9-5-6-10-14(13)20-21(18,19)12-7-3-2-4-8-12/h2-10,15,17H,1H3. The van der Waals surface area contributed by atoms with E-state index in [1.54, 1.807) is 30.3 Å². The number of hydrogen-bond acceptors (Lipinski definition) is 5. The van der Waals surface area contributed by atoms with Crippen molar-refractivity contribution in [1.82, 2.24) is 0 Å². The zero-order valence-corrected chi connectivity index (χ0v) is 12.1. The molecule has 2 aromatic carbocycles. The number of benzene rings is 2. The zero-order valence-electron chi connectivity index (χ0n) is 11.3. The molecule has 21 heavy (non-hydrogen) atoms. The minimum Gasteiger partial charge on any atom is -0.380 e. The predicted octanol–water partition coefficient (Wildman–Crippen LogP) is 2.08. The predicted molar refractivity (Wildman–Crippen MR) is 76.3 cm³/mol. The molecule has 2 rings (SSSR count). The van der Waals surface area contributed by atoms with Gasteiger partial charge in [-0.1, -0.05) is 36.4 Å². The van der Waals surface area contributed by atoms with E-state index in [4.69, 9.17) is 4.18 Å². The molecule has 0 aliphatic rings. The van der Waals surface area contributed by atoms with Crippen LogP contribution in [-0.4, -0.2) is 19.3 Å². The van der Waals surface area contributed by atoms with E-state index in [2.05, 4.69) is 0 Å². The smallest absolute Gasteiger partial charge is 0.339 e. The quantitative estimate of drug-likeness (QED) is 0.855. The van der Waals surface area contributed by atoms with Crippen molar-refractivity contribution in [2.45, 2.75) is 17.9 Å². The largest absolute Gasteiger partial charge is 0.380 e. The number of hydrogen-bond donors (Lipinski definition) is 1. The van der Waals surface area contributed by atoms with Crippen LogP contribution in [0.2, 0.25) is 0 Å². The van der Waals surface area contributed by atoms with Crippen LogP contribution in [-0.2, 0) is 14.9 Å². The van der Waals surface area contributed by atoms with E-state index in [0.29, 0.717) is 0 Å². The van der Waals surface area contributed by atoms with Gasteiger partial charge in [-0.3, -0.25) is 4.79 Å². The SMILES string of the molecule is CC(=O)C(O)c1ccccc1OS(=O)(=O)c1ccccc1. The fourth-order valence-electron chi connectivity index (χ4n) is 1.75. The number of carbonyl (C=O) groups excluding carboxylic acids is 1. The Morgan fingerprint density at radius 1 is 1.05 bits per heavy atom. The maximum atomic E-state index is 12.2. The summed E-state index contributed by atoms with van der Waals surface area (Å²) in [6.45, 7) is 1.22. The van der Waals surface area contributed by atoms with Crippen LogP contribution < -0.4 is 4.18 Å². The molecule has 0 amide bonds. The molecule has 0 aliphatic heterocycles. The summed E-state index contributed by atoms with van der Waals surface area (Å²) in [6.07, 6.45) is -1.42. The molecule has 110 valence electrons. The van der Waals surface area contributed by atoms with Gasteiger partial charge in [-0.05, 0) is 25.1 Å². The molecule has 0 saturated heterocycles. The van der Waals surface area contributed by atoms with Crippen molar-refractivity contribution >= 4 is 15.9 Å². The number of carbonyl (C=O) groups is 1. The Hall–Kier alpha value is -2.18. The van der Waals surface area contributed by atoms with E-state index < -0.39 is 22.0 Å². The summed E-state index contributed by atoms with van der Waals surface area (Å²) < 4.78 is 29.4. The molecule has 0 aromatic heterocycles. The number of aliphatic hydroxyl groups is 1. The number of ketones is 1. The van der Waals surface area contributed by atoms with E-state index in [1.165, 1.54) is 31.2 Å². The van der Waals surface area contributed by atoms with Crippen LogP contribution in [0.25, 0.3) is 0 Å². The lowest BCUT2D eigenvalue weighted by molar-refractivity contribution is -0.125. The van der Waals surface area contributed by atoms with Crippen molar-refractivity contribution in [2.75, 3.05) is 0 Å². The molecule has 1 N–H and O–H groups in total. The third-order valence-electron chi connectivity index (χ3n) is 2.83. The van der Waals surface area contributed by atoms with Gasteiger partial charge in [0.2, 0.25) is 0 Å². The zero-order chi connectivity index (χ0) is 15.5. The lowest BCUT2D eigenvalue weighted by Gasteiger charge is -2.14. The first-order valence-corrected chi connectivity index (χ1v) is 7.59. The van der Waals surface area contributed by atoms with Gasteiger partial charge in [-0.2, -0.15) is 8.42 Å². The summed E-state index contributed by atoms with van der Waals surface area (Å²) in [7, 11) is -4.02. The Morgan fingerprint density at radius 3 is 2.24 bits per heavy atom. The second-order valence-corrected chi connectivity index (χ2v) is 5.95. The molecule has 2 aromatic rings. The Kier molecular flexibility index (Phi) is 4.40. The van der Waals surface area contributed by atoms with Crippen LogP contribution in [0.1, 0.15) is 18.6 Å². The highest BCUT2D eigenvalue weighted by molar-refractivity contribution is 7.87. The van der Waals surface area contributed by atoms with Gasteiger partial charge in [-0.15, -0.1) is 0 Å². The highest BCUT2D eigenvalue weighted by Gasteiger charge is 2.22. The Bertz CT molecular complexity index is 738. The molecule has 0 bridgehead atoms. The first-order chi connectivity index (χ1) is 9.92. The molecular weight excluding hydrogens is 292 g/mol. The molecule has 6 heteroatoms. The maximum Gasteiger partial charge on any atom is 0.339 e. The van der Waals surface area contributed by atoms with Gasteiger partial charge in [-0.25, -0.2) is 0 Å². The van der Waals surface area contributed by atoms with Crippen LogP contribution in [0.5, 0.6) is 5.75 Å². The summed E-state index contributed by atoms with van der Waals surface area (Å²) in [5, 5.41) is 9.82. The average molecular weight is 306 g/mol. The van der Waals surface area contributed by atoms with Gasteiger partial charge in [0.05, 0.1) is 0 Å². The minimum atomic E-state index is -4.02. The average Bonchev–Trinajstić information content (AvgIpc) is 2.47. The van der Waals surface area contributed by atoms with Crippen molar-refractivity contribution in [1.29, 1.82) is 0 Å². The van der Waals surface area contributed by atoms with E-state index in [0.717, 1.165) is 0 Å². The second kappa shape index (κ2) is 6.07. The van der Waals surface area contributed by atoms with Crippen LogP contribution in [0.4, 0.5) is 0 Å². The maximum absolute atomic E-state index is 12.2. The third kappa shape index (κ3) is 3.48. The van der Waals surface area contributed by atoms with Crippen LogP contribution in [0.3, 0.4) is 0 Å². The van der Waals surface area contributed by atoms with Gasteiger partial charge in [0.1, 0.15) is 16.7 Å². The molecule has 0 spiro atoms. The van der Waals surface area contributed by atoms with E-state index in [9.17, 15) is 18.3 Å². The summed E-state index contributed by atoms with van der Waals surface area (Å²) in [5.74, 6) is -0.563. The van der Waals surface area contributed by atoms with Crippen molar-refractivity contribution in [3.05, 3.63) is 60.2 Å². The Labute approximate surface area is 122 Å². The Balaban J connectivity index is 2.39. The molecule has 1 unspecified atom stereocenters. The monoisotopic (exact) mass is 306 g/mol. The molecule has 0 aliphatic carbocycles. The number of rotatable bonds is 5. The number of para-hydroxylation sites is 1. The first kappa shape index (κ1) is 15.2. The second-order valence-electron chi connectivity index (χ2n) is 4.40. The minimum absolute atomic E-state index is 0.00267. The Morgan fingerprint density at radius 2 is 1.62 bits per heavy atom. The van der Waals surface area contributed by atoms with Crippen LogP contribution >= 0.6 is 0 Å². The summed E-state index contributed by atoms with van der Waals surface area (Å²) >= 11 is 0. The fraction of sp³-hybridized carbons (Fsp3) is 0.133. The first-order valence-electron chi connectivity index (χ1n) is 6.19. The van der Waals surface area contributed by atoms with Gasteiger partial charge < -0.3 is 9.29 Å². The highest BCUT2D eigenvalue weighted by Crippen LogP contribution is 2.28. The fourth-order valence-corrected chi connectivity index (χ4v) is 2.73. The molecule has 0 radical (unpaired) electrons. The van der Waals surface area contributed by atoms with Gasteiger partial charge >= 0.3 is 10.1 Å². The molecule has 1 atom stereocenters. The number of Topliss-reactive ketones (excluding diaryl/α,β-unsaturated/α-hetero) is 1. The molecule has 0 fully saturated rings. The summed E-state index contributed by atoms with van der Waals surface area (Å²) in [4.78, 5) is 11.3. The topological polar surface area (TPSA) is 80.7 Å². The van der Waals surface area contributed by atoms with E-state index in [-0.39, 0.29) is 16.2 Å². The lowest BCUT2D eigenvalue weighted by Crippen LogP contribution is -2.14. The van der Waals surface area contributed by atoms with Crippen LogP contribution in [0.15, 0.2) is 59.5 Å². The normalized spacial score (nSPS) is 12.7. The van der Waals surface area contributed by atoms with Gasteiger partial charge in [0.15, 0.2) is 5.78 Å². The lowest BCUT2D eigenvalue weighted by atomic mass is 10.1. The van der Waals surface area contributed by atoms with Gasteiger partial charge in [0, 0.05) is 5.56 Å². The van der Waals surface area contributed by atoms with E-state index in [1.807, 2.05) is 0 Å². The molecular formula is C15H14O5S. The summed E-state index contributed by atoms with van der Waals surface area (Å²) in [5.41, 5.74) is 0.115. The third-order valence-corrected chi connectivity index (χ3v) is 4.08. The van der Waals surface area contributed by atoms with Gasteiger partial charge in [0.25, 0.3) is 0 Å². The van der Waals surface area contributed by atoms with Crippen LogP contribution in [0, 0.1) is 0 Å². The summed E-state index contributed by atoms with van der Waals surface area (Å²) in [6, 6.07) is 13.6. The van der Waals surface area contributed by atoms with Crippen molar-refractivity contribution in [3.8, 4) is 5.75 Å². The molecule has 0 heterocycles. The molecule has 0 saturated carbocycles. The van der Waals surface area contributed by atoms with Crippen molar-refractivity contribution in [2.24, 2.45) is 0 Å².